The van der Waals surface area contributed by atoms with Gasteiger partial charge in [-0.1, -0.05) is 0 Å². The largest absolute Gasteiger partial charge is 0.469 e. The van der Waals surface area contributed by atoms with E-state index in [1.807, 2.05) is 11.8 Å². The van der Waals surface area contributed by atoms with E-state index in [-0.39, 0.29) is 11.5 Å². The molecule has 7 heteroatoms. The Hall–Kier alpha value is 0.420. The van der Waals surface area contributed by atoms with Crippen molar-refractivity contribution in [2.24, 2.45) is 0 Å². The van der Waals surface area contributed by atoms with Crippen LogP contribution in [-0.4, -0.2) is 39.3 Å². The lowest BCUT2D eigenvalue weighted by atomic mass is 10.2. The molecule has 0 aliphatic carbocycles. The zero-order valence-electron chi connectivity index (χ0n) is 6.62. The van der Waals surface area contributed by atoms with Crippen molar-refractivity contribution in [1.29, 1.82) is 0 Å². The summed E-state index contributed by atoms with van der Waals surface area (Å²) in [6.07, 6.45) is -0.347. The van der Waals surface area contributed by atoms with Crippen molar-refractivity contribution in [2.75, 3.05) is 13.1 Å². The summed E-state index contributed by atoms with van der Waals surface area (Å²) in [7, 11) is -4.30. The topological polar surface area (TPSA) is 70.0 Å². The Balaban J connectivity index is 2.22. The fourth-order valence-electron chi connectivity index (χ4n) is 1.04. The number of hydrogen-bond donors (Lipinski definition) is 3. The number of phosphoric ester groups is 1. The van der Waals surface area contributed by atoms with E-state index in [1.165, 1.54) is 0 Å². The van der Waals surface area contributed by atoms with Gasteiger partial charge in [0.1, 0.15) is 0 Å². The second kappa shape index (κ2) is 3.65. The van der Waals surface area contributed by atoms with E-state index in [2.05, 4.69) is 17.2 Å². The van der Waals surface area contributed by atoms with Crippen LogP contribution in [0.1, 0.15) is 6.92 Å². The summed E-state index contributed by atoms with van der Waals surface area (Å²) in [6, 6.07) is 0. The van der Waals surface area contributed by atoms with Crippen LogP contribution in [0.2, 0.25) is 0 Å². The molecule has 5 nitrogen and oxygen atoms in total. The van der Waals surface area contributed by atoms with Gasteiger partial charge in [-0.25, -0.2) is 4.57 Å². The minimum Gasteiger partial charge on any atom is -0.303 e. The highest BCUT2D eigenvalue weighted by atomic mass is 32.1. The first kappa shape index (κ1) is 10.5. The van der Waals surface area contributed by atoms with E-state index >= 15 is 0 Å². The highest BCUT2D eigenvalue weighted by Crippen LogP contribution is 2.39. The third kappa shape index (κ3) is 3.05. The maximum atomic E-state index is 10.3. The Morgan fingerprint density at radius 1 is 1.67 bits per heavy atom. The van der Waals surface area contributed by atoms with E-state index in [4.69, 9.17) is 9.79 Å². The molecule has 1 atom stereocenters. The Labute approximate surface area is 76.4 Å². The Morgan fingerprint density at radius 3 is 2.50 bits per heavy atom. The molecule has 0 amide bonds. The van der Waals surface area contributed by atoms with Crippen LogP contribution in [0.15, 0.2) is 0 Å². The van der Waals surface area contributed by atoms with Gasteiger partial charge in [0, 0.05) is 13.1 Å². The molecule has 0 aromatic carbocycles. The molecule has 2 N–H and O–H groups in total. The normalized spacial score (nSPS) is 23.7. The van der Waals surface area contributed by atoms with Crippen LogP contribution in [0.25, 0.3) is 0 Å². The molecule has 0 aromatic rings. The average molecular weight is 213 g/mol. The van der Waals surface area contributed by atoms with Gasteiger partial charge in [-0.05, 0) is 6.92 Å². The molecule has 1 heterocycles. The molecule has 0 bridgehead atoms. The van der Waals surface area contributed by atoms with Gasteiger partial charge in [0.05, 0.1) is 11.5 Å². The summed E-state index contributed by atoms with van der Waals surface area (Å²) >= 11 is 4.15. The summed E-state index contributed by atoms with van der Waals surface area (Å²) in [5, 5.41) is 0.113. The van der Waals surface area contributed by atoms with Gasteiger partial charge in [0.15, 0.2) is 0 Å². The van der Waals surface area contributed by atoms with Crippen LogP contribution >= 0.6 is 20.5 Å². The molecule has 72 valence electrons. The van der Waals surface area contributed by atoms with Crippen molar-refractivity contribution < 1.29 is 18.9 Å². The van der Waals surface area contributed by atoms with Crippen LogP contribution in [0.5, 0.6) is 0 Å². The van der Waals surface area contributed by atoms with E-state index in [0.29, 0.717) is 13.1 Å². The molecule has 1 fully saturated rings. The molecule has 0 radical (unpaired) electrons. The third-order valence-corrected chi connectivity index (χ3v) is 2.59. The number of thiol groups is 1. The molecule has 0 spiro atoms. The van der Waals surface area contributed by atoms with Crippen LogP contribution in [0.4, 0.5) is 0 Å². The van der Waals surface area contributed by atoms with Gasteiger partial charge in [-0.3, -0.25) is 9.42 Å². The fraction of sp³-hybridized carbons (Fsp3) is 1.00. The highest BCUT2D eigenvalue weighted by Gasteiger charge is 2.34. The summed E-state index contributed by atoms with van der Waals surface area (Å²) in [6.45, 7) is 2.97. The van der Waals surface area contributed by atoms with Crippen molar-refractivity contribution in [3.05, 3.63) is 0 Å². The lowest BCUT2D eigenvalue weighted by molar-refractivity contribution is -0.00166. The van der Waals surface area contributed by atoms with Crippen LogP contribution < -0.4 is 0 Å². The number of likely N-dealkylation sites (tertiary alicyclic amines) is 1. The first-order valence-electron chi connectivity index (χ1n) is 3.54. The van der Waals surface area contributed by atoms with E-state index in [9.17, 15) is 4.57 Å². The maximum Gasteiger partial charge on any atom is 0.469 e. The van der Waals surface area contributed by atoms with Crippen molar-refractivity contribution in [2.45, 2.75) is 18.4 Å². The molecular formula is C5H12NO4PS. The lowest BCUT2D eigenvalue weighted by Gasteiger charge is -2.40. The van der Waals surface area contributed by atoms with Gasteiger partial charge in [0.2, 0.25) is 0 Å². The molecule has 1 aliphatic heterocycles. The number of phosphoric acid groups is 1. The summed E-state index contributed by atoms with van der Waals surface area (Å²) in [5.41, 5.74) is 0. The molecule has 12 heavy (non-hydrogen) atoms. The van der Waals surface area contributed by atoms with Gasteiger partial charge >= 0.3 is 7.82 Å². The molecule has 1 unspecified atom stereocenters. The average Bonchev–Trinajstić information content (AvgIpc) is 1.74. The quantitative estimate of drug-likeness (QED) is 0.456. The first-order chi connectivity index (χ1) is 5.38. The SMILES string of the molecule is CC(S)N1CC(OP(=O)(O)O)C1. The zero-order chi connectivity index (χ0) is 9.35. The second-order valence-electron chi connectivity index (χ2n) is 2.80. The van der Waals surface area contributed by atoms with Crippen LogP contribution in [0, 0.1) is 0 Å². The highest BCUT2D eigenvalue weighted by molar-refractivity contribution is 7.80. The van der Waals surface area contributed by atoms with Gasteiger partial charge in [-0.15, -0.1) is 0 Å². The number of rotatable bonds is 3. The third-order valence-electron chi connectivity index (χ3n) is 1.69. The molecule has 0 saturated carbocycles. The smallest absolute Gasteiger partial charge is 0.303 e. The van der Waals surface area contributed by atoms with E-state index < -0.39 is 7.82 Å². The van der Waals surface area contributed by atoms with Crippen LogP contribution in [0.3, 0.4) is 0 Å². The second-order valence-corrected chi connectivity index (χ2v) is 4.74. The Bertz CT molecular complexity index is 200. The van der Waals surface area contributed by atoms with Crippen molar-refractivity contribution in [3.63, 3.8) is 0 Å². The number of hydrogen-bond acceptors (Lipinski definition) is 4. The molecule has 1 aliphatic rings. The predicted octanol–water partition coefficient (Wildman–Crippen LogP) is 0.0557. The van der Waals surface area contributed by atoms with Crippen LogP contribution in [-0.2, 0) is 9.09 Å². The van der Waals surface area contributed by atoms with Gasteiger partial charge < -0.3 is 9.79 Å². The summed E-state index contributed by atoms with van der Waals surface area (Å²) < 4.78 is 14.8. The molecular weight excluding hydrogens is 201 g/mol. The van der Waals surface area contributed by atoms with Crippen molar-refractivity contribution >= 4 is 20.5 Å². The minimum atomic E-state index is -4.30. The van der Waals surface area contributed by atoms with Gasteiger partial charge in [0.25, 0.3) is 0 Å². The molecule has 0 aromatic heterocycles. The fourth-order valence-corrected chi connectivity index (χ4v) is 1.75. The van der Waals surface area contributed by atoms with E-state index in [1.54, 1.807) is 0 Å². The van der Waals surface area contributed by atoms with Gasteiger partial charge in [-0.2, -0.15) is 12.6 Å². The first-order valence-corrected chi connectivity index (χ1v) is 5.59. The maximum absolute atomic E-state index is 10.3. The summed E-state index contributed by atoms with van der Waals surface area (Å²) in [4.78, 5) is 18.8. The standard InChI is InChI=1S/C5H12NO4PS/c1-4(12)6-2-5(3-6)10-11(7,8)9/h4-5,12H,2-3H2,1H3,(H2,7,8,9). The lowest BCUT2D eigenvalue weighted by Crippen LogP contribution is -2.53. The van der Waals surface area contributed by atoms with Crippen molar-refractivity contribution in [1.82, 2.24) is 4.90 Å². The zero-order valence-corrected chi connectivity index (χ0v) is 8.41. The monoisotopic (exact) mass is 213 g/mol. The summed E-state index contributed by atoms with van der Waals surface area (Å²) in [5.74, 6) is 0. The molecule has 1 rings (SSSR count). The Morgan fingerprint density at radius 2 is 2.17 bits per heavy atom. The van der Waals surface area contributed by atoms with E-state index in [0.717, 1.165) is 0 Å². The minimum absolute atomic E-state index is 0.113. The van der Waals surface area contributed by atoms with Crippen molar-refractivity contribution in [3.8, 4) is 0 Å². The predicted molar refractivity (Wildman–Crippen MR) is 46.9 cm³/mol. The number of nitrogens with zero attached hydrogens (tertiary/aromatic N) is 1. The Kier molecular flexibility index (Phi) is 3.20. The molecule has 1 saturated heterocycles.